The highest BCUT2D eigenvalue weighted by Crippen LogP contribution is 2.37. The van der Waals surface area contributed by atoms with Gasteiger partial charge in [-0.3, -0.25) is 9.00 Å². The number of hydrogen-bond acceptors (Lipinski definition) is 3. The van der Waals surface area contributed by atoms with Gasteiger partial charge in [-0.05, 0) is 37.2 Å². The lowest BCUT2D eigenvalue weighted by Crippen LogP contribution is -2.47. The van der Waals surface area contributed by atoms with Gasteiger partial charge in [-0.25, -0.2) is 0 Å². The summed E-state index contributed by atoms with van der Waals surface area (Å²) in [5.74, 6) is 0.0735. The van der Waals surface area contributed by atoms with Crippen LogP contribution in [0.3, 0.4) is 0 Å². The Bertz CT molecular complexity index is 793. The Morgan fingerprint density at radius 3 is 2.11 bits per heavy atom. The maximum atomic E-state index is 13.1. The van der Waals surface area contributed by atoms with E-state index < -0.39 is 25.2 Å². The molecule has 2 rings (SSSR count). The molecule has 0 aromatic heterocycles. The highest BCUT2D eigenvalue weighted by atomic mass is 32.2. The zero-order chi connectivity index (χ0) is 20.2. The summed E-state index contributed by atoms with van der Waals surface area (Å²) in [4.78, 5) is 13.9. The van der Waals surface area contributed by atoms with Gasteiger partial charge in [-0.1, -0.05) is 68.8 Å². The molecule has 0 saturated heterocycles. The van der Waals surface area contributed by atoms with Gasteiger partial charge in [0.25, 0.3) is 0 Å². The van der Waals surface area contributed by atoms with E-state index in [0.29, 0.717) is 5.56 Å². The number of carbonyl (C=O) groups excluding carboxylic acids is 1. The number of ketones is 1. The standard InChI is InChI=1S/C22H30O3SSi/c1-17-12-14-19(15-13-17)26(24)16-20(25-27(5,6)22(2,3)4)21(23)18-10-8-7-9-11-18/h7-15,20H,16H2,1-6H3/t20-,26?/m1/s1. The SMILES string of the molecule is Cc1ccc(S(=O)C[C@@H](O[Si](C)(C)C(C)(C)C)C(=O)c2ccccc2)cc1. The van der Waals surface area contributed by atoms with Crippen LogP contribution >= 0.6 is 0 Å². The normalized spacial score (nSPS) is 14.6. The molecule has 27 heavy (non-hydrogen) atoms. The van der Waals surface area contributed by atoms with Crippen molar-refractivity contribution in [3.05, 3.63) is 65.7 Å². The predicted octanol–water partition coefficient (Wildman–Crippen LogP) is 5.38. The molecule has 0 aliphatic heterocycles. The summed E-state index contributed by atoms with van der Waals surface area (Å²) < 4.78 is 19.4. The van der Waals surface area contributed by atoms with Crippen LogP contribution in [0.25, 0.3) is 0 Å². The molecule has 0 aliphatic carbocycles. The summed E-state index contributed by atoms with van der Waals surface area (Å²) in [6.07, 6.45) is -0.713. The zero-order valence-corrected chi connectivity index (χ0v) is 18.9. The van der Waals surface area contributed by atoms with E-state index in [0.717, 1.165) is 10.5 Å². The lowest BCUT2D eigenvalue weighted by Gasteiger charge is -2.38. The van der Waals surface area contributed by atoms with E-state index in [-0.39, 0.29) is 16.6 Å². The van der Waals surface area contributed by atoms with Crippen molar-refractivity contribution < 1.29 is 13.4 Å². The quantitative estimate of drug-likeness (QED) is 0.461. The summed E-state index contributed by atoms with van der Waals surface area (Å²) in [6.45, 7) is 12.6. The van der Waals surface area contributed by atoms with Crippen molar-refractivity contribution in [1.82, 2.24) is 0 Å². The first-order chi connectivity index (χ1) is 12.5. The van der Waals surface area contributed by atoms with Crippen LogP contribution in [0.2, 0.25) is 18.1 Å². The number of benzene rings is 2. The van der Waals surface area contributed by atoms with Crippen molar-refractivity contribution in [3.8, 4) is 0 Å². The second kappa shape index (κ2) is 8.63. The van der Waals surface area contributed by atoms with Gasteiger partial charge in [-0.15, -0.1) is 0 Å². The third-order valence-electron chi connectivity index (χ3n) is 5.18. The highest BCUT2D eigenvalue weighted by molar-refractivity contribution is 7.85. The summed E-state index contributed by atoms with van der Waals surface area (Å²) >= 11 is 0. The third kappa shape index (κ3) is 5.70. The first-order valence-corrected chi connectivity index (χ1v) is 13.5. The summed E-state index contributed by atoms with van der Waals surface area (Å²) in [7, 11) is -3.50. The Hall–Kier alpha value is -1.56. The average molecular weight is 403 g/mol. The molecule has 2 aromatic carbocycles. The molecule has 5 heteroatoms. The number of rotatable bonds is 7. The van der Waals surface area contributed by atoms with Crippen molar-refractivity contribution in [3.63, 3.8) is 0 Å². The van der Waals surface area contributed by atoms with E-state index in [1.807, 2.05) is 49.4 Å². The molecule has 0 bridgehead atoms. The van der Waals surface area contributed by atoms with E-state index in [9.17, 15) is 9.00 Å². The molecule has 0 heterocycles. The third-order valence-corrected chi connectivity index (χ3v) is 11.1. The van der Waals surface area contributed by atoms with Crippen molar-refractivity contribution in [1.29, 1.82) is 0 Å². The van der Waals surface area contributed by atoms with Crippen LogP contribution < -0.4 is 0 Å². The van der Waals surface area contributed by atoms with Gasteiger partial charge < -0.3 is 4.43 Å². The number of Topliss-reactive ketones (excluding diaryl/α,β-unsaturated/α-hetero) is 1. The molecule has 0 aliphatic rings. The predicted molar refractivity (Wildman–Crippen MR) is 115 cm³/mol. The minimum absolute atomic E-state index is 0.0342. The van der Waals surface area contributed by atoms with E-state index in [4.69, 9.17) is 4.43 Å². The van der Waals surface area contributed by atoms with Gasteiger partial charge in [0.1, 0.15) is 6.10 Å². The van der Waals surface area contributed by atoms with Gasteiger partial charge in [0.15, 0.2) is 14.1 Å². The van der Waals surface area contributed by atoms with Gasteiger partial charge in [-0.2, -0.15) is 0 Å². The Balaban J connectivity index is 2.30. The first-order valence-electron chi connectivity index (χ1n) is 9.23. The van der Waals surface area contributed by atoms with E-state index in [2.05, 4.69) is 33.9 Å². The molecular weight excluding hydrogens is 372 g/mol. The zero-order valence-electron chi connectivity index (χ0n) is 17.1. The largest absolute Gasteiger partial charge is 0.406 e. The molecule has 0 N–H and O–H groups in total. The molecule has 0 spiro atoms. The second-order valence-corrected chi connectivity index (χ2v) is 14.7. The van der Waals surface area contributed by atoms with E-state index in [1.165, 1.54) is 0 Å². The summed E-state index contributed by atoms with van der Waals surface area (Å²) in [5, 5.41) is -0.0342. The van der Waals surface area contributed by atoms with Crippen LogP contribution in [0, 0.1) is 6.92 Å². The molecule has 0 saturated carbocycles. The lowest BCUT2D eigenvalue weighted by atomic mass is 10.1. The summed E-state index contributed by atoms with van der Waals surface area (Å²) in [6, 6.07) is 16.7. The number of aryl methyl sites for hydroxylation is 1. The monoisotopic (exact) mass is 402 g/mol. The minimum atomic E-state index is -2.20. The van der Waals surface area contributed by atoms with Crippen LogP contribution in [0.5, 0.6) is 0 Å². The molecule has 1 unspecified atom stereocenters. The fraction of sp³-hybridized carbons (Fsp3) is 0.409. The highest BCUT2D eigenvalue weighted by Gasteiger charge is 2.41. The molecule has 3 nitrogen and oxygen atoms in total. The average Bonchev–Trinajstić information content (AvgIpc) is 2.60. The molecule has 0 amide bonds. The van der Waals surface area contributed by atoms with Gasteiger partial charge in [0.05, 0.1) is 16.6 Å². The number of carbonyl (C=O) groups is 1. The molecule has 146 valence electrons. The van der Waals surface area contributed by atoms with Crippen molar-refractivity contribution in [2.45, 2.75) is 56.8 Å². The molecule has 0 fully saturated rings. The Morgan fingerprint density at radius 2 is 1.59 bits per heavy atom. The molecule has 2 atom stereocenters. The Kier molecular flexibility index (Phi) is 6.95. The minimum Gasteiger partial charge on any atom is -0.406 e. The van der Waals surface area contributed by atoms with Gasteiger partial charge in [0, 0.05) is 10.5 Å². The Morgan fingerprint density at radius 1 is 1.04 bits per heavy atom. The molecule has 0 radical (unpaired) electrons. The molecular formula is C22H30O3SSi. The van der Waals surface area contributed by atoms with Crippen LogP contribution in [-0.4, -0.2) is 30.2 Å². The number of hydrogen-bond donors (Lipinski definition) is 0. The van der Waals surface area contributed by atoms with Crippen molar-refractivity contribution in [2.24, 2.45) is 0 Å². The van der Waals surface area contributed by atoms with Crippen LogP contribution in [0.4, 0.5) is 0 Å². The van der Waals surface area contributed by atoms with Crippen LogP contribution in [0.1, 0.15) is 36.7 Å². The van der Waals surface area contributed by atoms with Crippen LogP contribution in [-0.2, 0) is 15.2 Å². The summed E-state index contributed by atoms with van der Waals surface area (Å²) in [5.41, 5.74) is 1.72. The Labute approximate surface area is 166 Å². The van der Waals surface area contributed by atoms with Crippen molar-refractivity contribution in [2.75, 3.05) is 5.75 Å². The maximum absolute atomic E-state index is 13.1. The van der Waals surface area contributed by atoms with E-state index in [1.54, 1.807) is 12.1 Å². The van der Waals surface area contributed by atoms with E-state index >= 15 is 0 Å². The second-order valence-electron chi connectivity index (χ2n) is 8.42. The molecule has 2 aromatic rings. The lowest BCUT2D eigenvalue weighted by molar-refractivity contribution is 0.0801. The maximum Gasteiger partial charge on any atom is 0.193 e. The van der Waals surface area contributed by atoms with Gasteiger partial charge >= 0.3 is 0 Å². The topological polar surface area (TPSA) is 43.4 Å². The first kappa shape index (κ1) is 21.7. The van der Waals surface area contributed by atoms with Gasteiger partial charge in [0.2, 0.25) is 0 Å². The fourth-order valence-electron chi connectivity index (χ4n) is 2.41. The smallest absolute Gasteiger partial charge is 0.193 e. The fourth-order valence-corrected chi connectivity index (χ4v) is 4.91. The van der Waals surface area contributed by atoms with Crippen molar-refractivity contribution >= 4 is 24.9 Å². The van der Waals surface area contributed by atoms with Crippen LogP contribution in [0.15, 0.2) is 59.5 Å².